The van der Waals surface area contributed by atoms with E-state index in [1.807, 2.05) is 31.2 Å². The van der Waals surface area contributed by atoms with E-state index in [1.54, 1.807) is 12.1 Å². The van der Waals surface area contributed by atoms with Crippen LogP contribution in [0.2, 0.25) is 0 Å². The third-order valence-electron chi connectivity index (χ3n) is 3.42. The van der Waals surface area contributed by atoms with Gasteiger partial charge in [0.25, 0.3) is 0 Å². The van der Waals surface area contributed by atoms with Gasteiger partial charge in [-0.05, 0) is 42.2 Å². The van der Waals surface area contributed by atoms with Gasteiger partial charge in [0.1, 0.15) is 0 Å². The van der Waals surface area contributed by atoms with Crippen LogP contribution in [0.3, 0.4) is 0 Å². The van der Waals surface area contributed by atoms with E-state index in [4.69, 9.17) is 9.84 Å². The quantitative estimate of drug-likeness (QED) is 0.847. The molecule has 21 heavy (non-hydrogen) atoms. The molecule has 0 fully saturated rings. The van der Waals surface area contributed by atoms with Gasteiger partial charge in [-0.3, -0.25) is 0 Å². The highest BCUT2D eigenvalue weighted by molar-refractivity contribution is 5.88. The maximum absolute atomic E-state index is 10.8. The summed E-state index contributed by atoms with van der Waals surface area (Å²) in [6, 6.07) is 15.1. The number of carbonyl (C=O) groups is 1. The predicted octanol–water partition coefficient (Wildman–Crippen LogP) is 4.54. The molecule has 0 heterocycles. The fourth-order valence-corrected chi connectivity index (χ4v) is 2.14. The molecule has 0 unspecified atom stereocenters. The third-order valence-corrected chi connectivity index (χ3v) is 3.42. The molecular formula is C18H20O3. The summed E-state index contributed by atoms with van der Waals surface area (Å²) in [7, 11) is 0. The van der Waals surface area contributed by atoms with Gasteiger partial charge in [0.05, 0.1) is 11.7 Å². The molecule has 0 aliphatic rings. The normalized spacial score (nSPS) is 12.1. The molecule has 0 aromatic heterocycles. The molecule has 1 atom stereocenters. The molecule has 3 nitrogen and oxygen atoms in total. The van der Waals surface area contributed by atoms with E-state index < -0.39 is 5.97 Å². The molecule has 2 rings (SSSR count). The van der Waals surface area contributed by atoms with E-state index in [-0.39, 0.29) is 6.10 Å². The lowest BCUT2D eigenvalue weighted by atomic mass is 10.0. The van der Waals surface area contributed by atoms with Crippen LogP contribution in [0, 0.1) is 0 Å². The minimum atomic E-state index is -0.904. The van der Waals surface area contributed by atoms with Gasteiger partial charge in [0, 0.05) is 6.61 Å². The van der Waals surface area contributed by atoms with Gasteiger partial charge in [-0.1, -0.05) is 43.3 Å². The minimum Gasteiger partial charge on any atom is -0.478 e. The Labute approximate surface area is 125 Å². The van der Waals surface area contributed by atoms with Crippen LogP contribution >= 0.6 is 0 Å². The first-order valence-corrected chi connectivity index (χ1v) is 7.17. The van der Waals surface area contributed by atoms with Crippen molar-refractivity contribution < 1.29 is 14.6 Å². The minimum absolute atomic E-state index is 0.0911. The molecule has 2 aromatic carbocycles. The molecule has 110 valence electrons. The van der Waals surface area contributed by atoms with Gasteiger partial charge in [-0.25, -0.2) is 4.79 Å². The summed E-state index contributed by atoms with van der Waals surface area (Å²) in [5, 5.41) is 8.90. The Morgan fingerprint density at radius 2 is 1.57 bits per heavy atom. The molecule has 0 radical (unpaired) electrons. The van der Waals surface area contributed by atoms with Crippen LogP contribution in [0.25, 0.3) is 11.1 Å². The zero-order valence-electron chi connectivity index (χ0n) is 12.4. The zero-order valence-corrected chi connectivity index (χ0v) is 12.4. The average molecular weight is 284 g/mol. The highest BCUT2D eigenvalue weighted by Gasteiger charge is 2.06. The second-order valence-electron chi connectivity index (χ2n) is 5.02. The first-order chi connectivity index (χ1) is 10.1. The van der Waals surface area contributed by atoms with Crippen molar-refractivity contribution in [2.75, 3.05) is 6.61 Å². The number of carboxylic acids is 1. The van der Waals surface area contributed by atoms with Crippen molar-refractivity contribution in [1.29, 1.82) is 0 Å². The molecule has 2 aromatic rings. The summed E-state index contributed by atoms with van der Waals surface area (Å²) in [6.07, 6.45) is 1.10. The number of hydrogen-bond acceptors (Lipinski definition) is 2. The highest BCUT2D eigenvalue weighted by Crippen LogP contribution is 2.24. The first-order valence-electron chi connectivity index (χ1n) is 7.17. The van der Waals surface area contributed by atoms with Crippen molar-refractivity contribution in [2.24, 2.45) is 0 Å². The van der Waals surface area contributed by atoms with E-state index in [0.717, 1.165) is 29.7 Å². The van der Waals surface area contributed by atoms with Gasteiger partial charge in [-0.15, -0.1) is 0 Å². The van der Waals surface area contributed by atoms with E-state index in [0.29, 0.717) is 5.56 Å². The van der Waals surface area contributed by atoms with Crippen LogP contribution in [0.4, 0.5) is 0 Å². The number of rotatable bonds is 6. The number of aromatic carboxylic acids is 1. The maximum Gasteiger partial charge on any atom is 0.335 e. The van der Waals surface area contributed by atoms with Crippen molar-refractivity contribution in [1.82, 2.24) is 0 Å². The molecule has 0 bridgehead atoms. The lowest BCUT2D eigenvalue weighted by Crippen LogP contribution is -2.00. The summed E-state index contributed by atoms with van der Waals surface area (Å²) in [6.45, 7) is 4.91. The highest BCUT2D eigenvalue weighted by atomic mass is 16.5. The number of carboxylic acid groups (broad SMARTS) is 1. The maximum atomic E-state index is 10.8. The molecule has 0 saturated heterocycles. The topological polar surface area (TPSA) is 46.5 Å². The van der Waals surface area contributed by atoms with Crippen molar-refractivity contribution in [3.8, 4) is 11.1 Å². The Bertz CT molecular complexity index is 585. The molecular weight excluding hydrogens is 264 g/mol. The average Bonchev–Trinajstić information content (AvgIpc) is 2.53. The van der Waals surface area contributed by atoms with Crippen LogP contribution in [0.1, 0.15) is 42.3 Å². The van der Waals surface area contributed by atoms with Gasteiger partial charge in [-0.2, -0.15) is 0 Å². The standard InChI is InChI=1S/C18H20O3/c1-3-12-21-13(2)14-4-6-15(7-5-14)16-8-10-17(11-9-16)18(19)20/h4-11,13H,3,12H2,1-2H3,(H,19,20)/t13-/m0/s1. The van der Waals surface area contributed by atoms with Crippen LogP contribution in [-0.4, -0.2) is 17.7 Å². The second kappa shape index (κ2) is 7.04. The van der Waals surface area contributed by atoms with E-state index in [1.165, 1.54) is 0 Å². The Balaban J connectivity index is 2.13. The van der Waals surface area contributed by atoms with E-state index in [9.17, 15) is 4.79 Å². The number of benzene rings is 2. The van der Waals surface area contributed by atoms with Crippen LogP contribution < -0.4 is 0 Å². The summed E-state index contributed by atoms with van der Waals surface area (Å²) < 4.78 is 5.70. The van der Waals surface area contributed by atoms with E-state index >= 15 is 0 Å². The Kier molecular flexibility index (Phi) is 5.12. The summed E-state index contributed by atoms with van der Waals surface area (Å²) >= 11 is 0. The Hall–Kier alpha value is -2.13. The monoisotopic (exact) mass is 284 g/mol. The van der Waals surface area contributed by atoms with Gasteiger partial charge in [0.15, 0.2) is 0 Å². The predicted molar refractivity (Wildman–Crippen MR) is 83.5 cm³/mol. The smallest absolute Gasteiger partial charge is 0.335 e. The van der Waals surface area contributed by atoms with Crippen molar-refractivity contribution in [3.63, 3.8) is 0 Å². The van der Waals surface area contributed by atoms with Gasteiger partial charge < -0.3 is 9.84 Å². The summed E-state index contributed by atoms with van der Waals surface area (Å²) in [5.41, 5.74) is 3.53. The van der Waals surface area contributed by atoms with E-state index in [2.05, 4.69) is 19.1 Å². The fraction of sp³-hybridized carbons (Fsp3) is 0.278. The largest absolute Gasteiger partial charge is 0.478 e. The molecule has 0 spiro atoms. The summed E-state index contributed by atoms with van der Waals surface area (Å²) in [5.74, 6) is -0.904. The molecule has 1 N–H and O–H groups in total. The van der Waals surface area contributed by atoms with Crippen LogP contribution in [-0.2, 0) is 4.74 Å². The Morgan fingerprint density at radius 1 is 1.05 bits per heavy atom. The number of ether oxygens (including phenoxy) is 1. The van der Waals surface area contributed by atoms with Crippen molar-refractivity contribution >= 4 is 5.97 Å². The molecule has 3 heteroatoms. The number of hydrogen-bond donors (Lipinski definition) is 1. The van der Waals surface area contributed by atoms with Gasteiger partial charge >= 0.3 is 5.97 Å². The van der Waals surface area contributed by atoms with Crippen LogP contribution in [0.15, 0.2) is 48.5 Å². The lowest BCUT2D eigenvalue weighted by Gasteiger charge is -2.13. The van der Waals surface area contributed by atoms with Crippen molar-refractivity contribution in [3.05, 3.63) is 59.7 Å². The lowest BCUT2D eigenvalue weighted by molar-refractivity contribution is 0.0662. The second-order valence-corrected chi connectivity index (χ2v) is 5.02. The molecule has 0 aliphatic carbocycles. The Morgan fingerprint density at radius 3 is 2.05 bits per heavy atom. The molecule has 0 amide bonds. The summed E-state index contributed by atoms with van der Waals surface area (Å²) in [4.78, 5) is 10.8. The molecule has 0 saturated carbocycles. The molecule has 0 aliphatic heterocycles. The van der Waals surface area contributed by atoms with Gasteiger partial charge in [0.2, 0.25) is 0 Å². The van der Waals surface area contributed by atoms with Crippen molar-refractivity contribution in [2.45, 2.75) is 26.4 Å². The fourth-order valence-electron chi connectivity index (χ4n) is 2.14. The zero-order chi connectivity index (χ0) is 15.2. The first kappa shape index (κ1) is 15.3. The third kappa shape index (κ3) is 3.92. The van der Waals surface area contributed by atoms with Crippen LogP contribution in [0.5, 0.6) is 0 Å². The SMILES string of the molecule is CCCO[C@@H](C)c1ccc(-c2ccc(C(=O)O)cc2)cc1.